The minimum atomic E-state index is 0.662. The Bertz CT molecular complexity index is 9330. The third-order valence-corrected chi connectivity index (χ3v) is 32.1. The van der Waals surface area contributed by atoms with Crippen molar-refractivity contribution in [3.05, 3.63) is 522 Å². The summed E-state index contributed by atoms with van der Waals surface area (Å²) < 4.78 is 14.5. The number of benzene rings is 21. The first-order chi connectivity index (χ1) is 74.3. The van der Waals surface area contributed by atoms with Gasteiger partial charge in [-0.2, -0.15) is 0 Å². The third-order valence-electron chi connectivity index (χ3n) is 28.7. The Hall–Kier alpha value is -19.2. The van der Waals surface area contributed by atoms with Gasteiger partial charge in [-0.05, 0) is 191 Å². The number of aromatic nitrogens is 10. The number of thiophene rings is 3. The van der Waals surface area contributed by atoms with Crippen LogP contribution in [0.1, 0.15) is 0 Å². The average Bonchev–Trinajstić information content (AvgIpc) is 1.59. The van der Waals surface area contributed by atoms with Crippen molar-refractivity contribution in [3.63, 3.8) is 0 Å². The summed E-state index contributed by atoms with van der Waals surface area (Å²) in [5.41, 5.74) is 30.8. The fourth-order valence-corrected chi connectivity index (χ4v) is 25.0. The van der Waals surface area contributed by atoms with Crippen molar-refractivity contribution in [2.75, 3.05) is 0 Å². The van der Waals surface area contributed by atoms with Gasteiger partial charge in [0.1, 0.15) is 0 Å². The van der Waals surface area contributed by atoms with Crippen LogP contribution in [0.25, 0.3) is 278 Å². The van der Waals surface area contributed by atoms with E-state index in [1.165, 1.54) is 171 Å². The second kappa shape index (κ2) is 37.8. The zero-order chi connectivity index (χ0) is 99.1. The summed E-state index contributed by atoms with van der Waals surface area (Å²) in [4.78, 5) is 35.7. The highest BCUT2D eigenvalue weighted by Gasteiger charge is 2.26. The molecule has 9 heterocycles. The van der Waals surface area contributed by atoms with Gasteiger partial charge in [0.2, 0.25) is 0 Å². The van der Waals surface area contributed by atoms with E-state index in [1.54, 1.807) is 11.3 Å². The van der Waals surface area contributed by atoms with Gasteiger partial charge < -0.3 is 13.7 Å². The van der Waals surface area contributed by atoms with E-state index in [0.717, 1.165) is 90.2 Å². The molecule has 0 bridgehead atoms. The van der Waals surface area contributed by atoms with E-state index >= 15 is 0 Å². The second-order valence-corrected chi connectivity index (χ2v) is 40.9. The highest BCUT2D eigenvalue weighted by molar-refractivity contribution is 7.26. The van der Waals surface area contributed by atoms with E-state index < -0.39 is 0 Å². The molecule has 9 aromatic heterocycles. The highest BCUT2D eigenvalue weighted by Crippen LogP contribution is 2.49. The lowest BCUT2D eigenvalue weighted by Crippen LogP contribution is -2.00. The number of para-hydroxylation sites is 6. The zero-order valence-corrected chi connectivity index (χ0v) is 83.3. The zero-order valence-electron chi connectivity index (χ0n) is 80.8. The van der Waals surface area contributed by atoms with Crippen LogP contribution in [0.3, 0.4) is 0 Å². The number of fused-ring (bicyclic) bond motifs is 18. The van der Waals surface area contributed by atoms with Gasteiger partial charge in [-0.3, -0.25) is 0 Å². The van der Waals surface area contributed by atoms with Crippen molar-refractivity contribution in [3.8, 4) is 152 Å². The van der Waals surface area contributed by atoms with Crippen LogP contribution in [0.5, 0.6) is 0 Å². The second-order valence-electron chi connectivity index (χ2n) is 37.7. The van der Waals surface area contributed by atoms with Crippen LogP contribution in [-0.4, -0.2) is 48.6 Å². The number of hydrogen-bond acceptors (Lipinski definition) is 10. The lowest BCUT2D eigenvalue weighted by Gasteiger charge is -2.11. The molecule has 13 heteroatoms. The minimum Gasteiger partial charge on any atom is -0.309 e. The molecule has 0 spiro atoms. The average molecular weight is 1970 g/mol. The van der Waals surface area contributed by atoms with Crippen molar-refractivity contribution < 1.29 is 0 Å². The summed E-state index contributed by atoms with van der Waals surface area (Å²) in [6.07, 6.45) is 0. The molecule has 21 aromatic carbocycles. The minimum absolute atomic E-state index is 0.662. The maximum Gasteiger partial charge on any atom is 0.164 e. The topological polar surface area (TPSA) is 105 Å². The molecule has 150 heavy (non-hydrogen) atoms. The molecule has 0 saturated carbocycles. The van der Waals surface area contributed by atoms with Gasteiger partial charge in [-0.15, -0.1) is 34.0 Å². The van der Waals surface area contributed by atoms with Gasteiger partial charge in [0.05, 0.1) is 55.9 Å². The standard InChI is InChI=1S/2C46H29N3S.C45H28N4S/c1-4-13-30(14-5-1)39-29-40(48-46(47-39)31-15-6-2-7-16-31)36-20-12-22-44-45(36)38-28-33(24-26-43(38)50-44)32-23-25-42-37(27-32)35-19-10-11-21-41(35)49(42)34-17-8-3-9-18-34;1-4-13-30(14-5-1)39-29-40(31-15-6-2-7-16-31)48-46(47-39)36-20-12-22-44-45(36)38-28-33(24-26-43(38)50-44)32-23-25-42-37(27-32)35-19-10-11-21-41(35)49(42)34-17-8-3-9-18-34;1-4-13-29(14-5-1)43-46-44(30-15-6-2-7-16-30)48-45(47-43)35-20-12-22-41-42(35)37-28-32(24-26-40(37)50-41)31-23-25-39-36(27-31)34-19-10-11-21-38(34)49(39)33-17-8-3-9-18-33/h2*1-29H;1-28H. The molecule has 0 amide bonds. The maximum atomic E-state index is 5.20. The number of rotatable bonds is 15. The Morgan fingerprint density at radius 2 is 0.367 bits per heavy atom. The van der Waals surface area contributed by atoms with Gasteiger partial charge in [-0.25, -0.2) is 34.9 Å². The largest absolute Gasteiger partial charge is 0.309 e. The van der Waals surface area contributed by atoms with Crippen LogP contribution in [0, 0.1) is 0 Å². The molecule has 0 aliphatic rings. The first-order valence-corrected chi connectivity index (χ1v) is 52.8. The first-order valence-electron chi connectivity index (χ1n) is 50.4. The summed E-state index contributed by atoms with van der Waals surface area (Å²) in [5, 5.41) is 14.7. The number of hydrogen-bond donors (Lipinski definition) is 0. The molecule has 30 aromatic rings. The Morgan fingerprint density at radius 1 is 0.133 bits per heavy atom. The number of nitrogens with zero attached hydrogens (tertiary/aromatic N) is 10. The molecule has 702 valence electrons. The van der Waals surface area contributed by atoms with Crippen LogP contribution in [0.2, 0.25) is 0 Å². The van der Waals surface area contributed by atoms with Crippen LogP contribution in [-0.2, 0) is 0 Å². The normalized spacial score (nSPS) is 11.6. The van der Waals surface area contributed by atoms with Gasteiger partial charge in [0, 0.05) is 160 Å². The molecule has 0 radical (unpaired) electrons. The molecule has 0 fully saturated rings. The van der Waals surface area contributed by atoms with E-state index in [2.05, 4.69) is 463 Å². The van der Waals surface area contributed by atoms with Gasteiger partial charge in [-0.1, -0.05) is 364 Å². The van der Waals surface area contributed by atoms with Gasteiger partial charge in [0.15, 0.2) is 29.1 Å². The molecule has 0 N–H and O–H groups in total. The SMILES string of the molecule is c1ccc(-c2cc(-c3cccc4sc5ccc(-c6ccc7c(c6)c6ccccc6n7-c6ccccc6)cc5c34)nc(-c3ccccc3)n2)cc1.c1ccc(-c2cc(-c3ccccc3)nc(-c3cccc4sc5ccc(-c6ccc7c(c6)c6ccccc6n7-c6ccccc6)cc5c34)n2)cc1.c1ccc(-c2nc(-c3ccccc3)nc(-c3cccc4sc5ccc(-c6ccc7c(c6)c6ccccc6n7-c6ccccc6)cc5c34)n2)cc1. The highest BCUT2D eigenvalue weighted by atomic mass is 32.1. The van der Waals surface area contributed by atoms with Crippen LogP contribution < -0.4 is 0 Å². The van der Waals surface area contributed by atoms with Crippen LogP contribution in [0.4, 0.5) is 0 Å². The Kier molecular flexibility index (Phi) is 22.3. The Balaban J connectivity index is 0.000000108. The molecule has 0 aliphatic heterocycles. The first kappa shape index (κ1) is 88.5. The summed E-state index contributed by atoms with van der Waals surface area (Å²) >= 11 is 5.46. The molecular weight excluding hydrogens is 1880 g/mol. The molecular formula is C137H86N10S3. The fourth-order valence-electron chi connectivity index (χ4n) is 21.7. The monoisotopic (exact) mass is 1970 g/mol. The summed E-state index contributed by atoms with van der Waals surface area (Å²) in [5.74, 6) is 3.45. The van der Waals surface area contributed by atoms with E-state index in [1.807, 2.05) is 95.5 Å². The summed E-state index contributed by atoms with van der Waals surface area (Å²) in [6, 6.07) is 185. The van der Waals surface area contributed by atoms with Crippen molar-refractivity contribution in [1.29, 1.82) is 0 Å². The van der Waals surface area contributed by atoms with E-state index in [-0.39, 0.29) is 0 Å². The molecule has 30 rings (SSSR count). The predicted octanol–water partition coefficient (Wildman–Crippen LogP) is 37.2. The smallest absolute Gasteiger partial charge is 0.164 e. The third kappa shape index (κ3) is 16.1. The van der Waals surface area contributed by atoms with E-state index in [0.29, 0.717) is 17.5 Å². The molecule has 0 atom stereocenters. The molecule has 0 aliphatic carbocycles. The van der Waals surface area contributed by atoms with Gasteiger partial charge in [0.25, 0.3) is 0 Å². The Morgan fingerprint density at radius 3 is 0.700 bits per heavy atom. The summed E-state index contributed by atoms with van der Waals surface area (Å²) in [6.45, 7) is 0. The molecule has 0 saturated heterocycles. The van der Waals surface area contributed by atoms with Crippen LogP contribution >= 0.6 is 34.0 Å². The van der Waals surface area contributed by atoms with E-state index in [9.17, 15) is 0 Å². The van der Waals surface area contributed by atoms with Crippen molar-refractivity contribution in [2.24, 2.45) is 0 Å². The lowest BCUT2D eigenvalue weighted by molar-refractivity contribution is 1.08. The lowest BCUT2D eigenvalue weighted by atomic mass is 9.98. The van der Waals surface area contributed by atoms with Gasteiger partial charge >= 0.3 is 0 Å². The van der Waals surface area contributed by atoms with Crippen molar-refractivity contribution in [1.82, 2.24) is 48.6 Å². The fraction of sp³-hybridized carbons (Fsp3) is 0. The summed E-state index contributed by atoms with van der Waals surface area (Å²) in [7, 11) is 0. The van der Waals surface area contributed by atoms with E-state index in [4.69, 9.17) is 34.9 Å². The predicted molar refractivity (Wildman–Crippen MR) is 631 cm³/mol. The van der Waals surface area contributed by atoms with Crippen molar-refractivity contribution in [2.45, 2.75) is 0 Å². The Labute approximate surface area is 875 Å². The van der Waals surface area contributed by atoms with Crippen molar-refractivity contribution >= 4 is 160 Å². The van der Waals surface area contributed by atoms with Crippen LogP contribution in [0.15, 0.2) is 522 Å². The quantitative estimate of drug-likeness (QED) is 0.101. The maximum absolute atomic E-state index is 5.20. The molecule has 0 unspecified atom stereocenters. The molecule has 10 nitrogen and oxygen atoms in total.